The number of nitrogens with two attached hydrogens (primary N) is 2. The van der Waals surface area contributed by atoms with Crippen molar-refractivity contribution in [3.63, 3.8) is 0 Å². The Morgan fingerprint density at radius 3 is 2.65 bits per heavy atom. The first-order valence-corrected chi connectivity index (χ1v) is 11.0. The number of hydrogen-bond acceptors (Lipinski definition) is 6. The van der Waals surface area contributed by atoms with Crippen LogP contribution >= 0.6 is 0 Å². The number of fused-ring (bicyclic) bond motifs is 3. The number of nitrogen functional groups attached to an aromatic ring is 1. The van der Waals surface area contributed by atoms with E-state index < -0.39 is 0 Å². The van der Waals surface area contributed by atoms with Gasteiger partial charge in [0.25, 0.3) is 5.91 Å². The van der Waals surface area contributed by atoms with Crippen LogP contribution in [0.2, 0.25) is 0 Å². The molecule has 162 valence electrons. The van der Waals surface area contributed by atoms with Crippen molar-refractivity contribution >= 4 is 17.4 Å². The van der Waals surface area contributed by atoms with E-state index in [1.165, 1.54) is 6.33 Å². The van der Waals surface area contributed by atoms with Crippen LogP contribution in [0.25, 0.3) is 11.3 Å². The van der Waals surface area contributed by atoms with E-state index >= 15 is 0 Å². The molecule has 2 heterocycles. The Balaban J connectivity index is 1.65. The fourth-order valence-electron chi connectivity index (χ4n) is 5.23. The molecule has 0 unspecified atom stereocenters. The Hall–Kier alpha value is -2.93. The van der Waals surface area contributed by atoms with Gasteiger partial charge in [0.15, 0.2) is 0 Å². The average molecular weight is 420 g/mol. The number of carbonyl (C=O) groups excluding carboxylic acids is 1. The molecular weight excluding hydrogens is 390 g/mol. The standard InChI is InChI=1S/C24H29N5O2/c1-24(2)12-17-16(21-20(24)23(26)28-13-27-21)9-10-18(22(17)29-11-3-4-19(29)30)31-15-7-5-14(25)6-8-15/h3-4,9-10,13-15H,5-8,11-12,25H2,1-2H3,(H2,26,27,28)/t14-,15-. The molecule has 1 saturated carbocycles. The van der Waals surface area contributed by atoms with E-state index in [1.807, 2.05) is 17.0 Å². The van der Waals surface area contributed by atoms with Gasteiger partial charge in [-0.25, -0.2) is 9.97 Å². The summed E-state index contributed by atoms with van der Waals surface area (Å²) in [5, 5.41) is 0. The van der Waals surface area contributed by atoms with Crippen molar-refractivity contribution in [1.29, 1.82) is 0 Å². The Morgan fingerprint density at radius 1 is 1.16 bits per heavy atom. The highest BCUT2D eigenvalue weighted by Gasteiger charge is 2.38. The molecule has 3 aliphatic rings. The third-order valence-corrected chi connectivity index (χ3v) is 6.77. The number of rotatable bonds is 3. The first kappa shape index (κ1) is 20.0. The fraction of sp³-hybridized carbons (Fsp3) is 0.458. The van der Waals surface area contributed by atoms with E-state index in [-0.39, 0.29) is 23.5 Å². The van der Waals surface area contributed by atoms with Crippen LogP contribution in [-0.4, -0.2) is 34.6 Å². The van der Waals surface area contributed by atoms with Crippen molar-refractivity contribution in [1.82, 2.24) is 9.97 Å². The smallest absolute Gasteiger partial charge is 0.251 e. The van der Waals surface area contributed by atoms with Gasteiger partial charge >= 0.3 is 0 Å². The summed E-state index contributed by atoms with van der Waals surface area (Å²) >= 11 is 0. The summed E-state index contributed by atoms with van der Waals surface area (Å²) in [6.07, 6.45) is 9.67. The minimum absolute atomic E-state index is 0.0188. The molecule has 0 spiro atoms. The summed E-state index contributed by atoms with van der Waals surface area (Å²) in [7, 11) is 0. The SMILES string of the molecule is CC1(C)Cc2c(ccc(O[C@H]3CC[C@H](N)CC3)c2N2CC=CC2=O)-c2ncnc(N)c21. The van der Waals surface area contributed by atoms with E-state index in [0.717, 1.165) is 65.9 Å². The summed E-state index contributed by atoms with van der Waals surface area (Å²) in [6, 6.07) is 4.29. The summed E-state index contributed by atoms with van der Waals surface area (Å²) in [5.41, 5.74) is 16.8. The highest BCUT2D eigenvalue weighted by Crippen LogP contribution is 2.50. The Kier molecular flexibility index (Phi) is 4.73. The molecule has 0 atom stereocenters. The van der Waals surface area contributed by atoms with Crippen molar-refractivity contribution in [2.75, 3.05) is 17.2 Å². The van der Waals surface area contributed by atoms with E-state index in [9.17, 15) is 4.79 Å². The molecule has 7 heteroatoms. The lowest BCUT2D eigenvalue weighted by Crippen LogP contribution is -2.34. The van der Waals surface area contributed by atoms with Crippen LogP contribution < -0.4 is 21.1 Å². The van der Waals surface area contributed by atoms with Crippen LogP contribution in [0.1, 0.15) is 50.7 Å². The average Bonchev–Trinajstić information content (AvgIpc) is 3.14. The maximum atomic E-state index is 12.7. The lowest BCUT2D eigenvalue weighted by Gasteiger charge is -2.37. The number of amides is 1. The predicted octanol–water partition coefficient (Wildman–Crippen LogP) is 3.11. The Bertz CT molecular complexity index is 1070. The zero-order valence-electron chi connectivity index (χ0n) is 18.1. The normalized spacial score (nSPS) is 24.1. The number of aromatic nitrogens is 2. The maximum absolute atomic E-state index is 12.7. The number of ether oxygens (including phenoxy) is 1. The molecular formula is C24H29N5O2. The molecule has 1 aromatic heterocycles. The third kappa shape index (κ3) is 3.37. The van der Waals surface area contributed by atoms with Crippen LogP contribution in [0, 0.1) is 0 Å². The number of nitrogens with zero attached hydrogens (tertiary/aromatic N) is 3. The van der Waals surface area contributed by atoms with Crippen molar-refractivity contribution in [3.8, 4) is 17.0 Å². The van der Waals surface area contributed by atoms with Crippen molar-refractivity contribution in [3.05, 3.63) is 41.7 Å². The molecule has 5 rings (SSSR count). The Morgan fingerprint density at radius 2 is 1.94 bits per heavy atom. The largest absolute Gasteiger partial charge is 0.488 e. The Labute approximate surface area is 182 Å². The van der Waals surface area contributed by atoms with Gasteiger partial charge < -0.3 is 21.1 Å². The molecule has 0 radical (unpaired) electrons. The molecule has 4 N–H and O–H groups in total. The zero-order chi connectivity index (χ0) is 21.8. The van der Waals surface area contributed by atoms with Gasteiger partial charge in [0.2, 0.25) is 0 Å². The van der Waals surface area contributed by atoms with Crippen LogP contribution in [0.3, 0.4) is 0 Å². The number of carbonyl (C=O) groups is 1. The number of hydrogen-bond donors (Lipinski definition) is 2. The van der Waals surface area contributed by atoms with E-state index in [0.29, 0.717) is 12.4 Å². The third-order valence-electron chi connectivity index (χ3n) is 6.77. The first-order chi connectivity index (χ1) is 14.8. The quantitative estimate of drug-likeness (QED) is 0.792. The van der Waals surface area contributed by atoms with Gasteiger partial charge in [0.1, 0.15) is 17.9 Å². The molecule has 1 aromatic carbocycles. The summed E-state index contributed by atoms with van der Waals surface area (Å²) in [6.45, 7) is 4.84. The number of benzene rings is 1. The van der Waals surface area contributed by atoms with Crippen LogP contribution in [0.5, 0.6) is 5.75 Å². The van der Waals surface area contributed by atoms with Gasteiger partial charge in [-0.15, -0.1) is 0 Å². The van der Waals surface area contributed by atoms with E-state index in [1.54, 1.807) is 6.08 Å². The number of anilines is 2. The second kappa shape index (κ2) is 7.34. The monoisotopic (exact) mass is 419 g/mol. The van der Waals surface area contributed by atoms with E-state index in [2.05, 4.69) is 29.9 Å². The van der Waals surface area contributed by atoms with Gasteiger partial charge in [-0.1, -0.05) is 19.9 Å². The highest BCUT2D eigenvalue weighted by molar-refractivity contribution is 6.06. The minimum Gasteiger partial charge on any atom is -0.488 e. The minimum atomic E-state index is -0.269. The highest BCUT2D eigenvalue weighted by atomic mass is 16.5. The summed E-state index contributed by atoms with van der Waals surface area (Å²) < 4.78 is 6.51. The van der Waals surface area contributed by atoms with Gasteiger partial charge in [0, 0.05) is 29.8 Å². The van der Waals surface area contributed by atoms with Gasteiger partial charge in [0.05, 0.1) is 17.5 Å². The molecule has 0 bridgehead atoms. The van der Waals surface area contributed by atoms with Gasteiger partial charge in [-0.3, -0.25) is 4.79 Å². The first-order valence-electron chi connectivity index (χ1n) is 11.0. The molecule has 2 aliphatic carbocycles. The topological polar surface area (TPSA) is 107 Å². The lowest BCUT2D eigenvalue weighted by molar-refractivity contribution is -0.113. The summed E-state index contributed by atoms with van der Waals surface area (Å²) in [4.78, 5) is 23.4. The van der Waals surface area contributed by atoms with Gasteiger partial charge in [-0.05, 0) is 55.2 Å². The molecule has 1 amide bonds. The van der Waals surface area contributed by atoms with Crippen molar-refractivity contribution in [2.24, 2.45) is 5.73 Å². The second-order valence-corrected chi connectivity index (χ2v) is 9.49. The maximum Gasteiger partial charge on any atom is 0.251 e. The van der Waals surface area contributed by atoms with Gasteiger partial charge in [-0.2, -0.15) is 0 Å². The van der Waals surface area contributed by atoms with Crippen LogP contribution in [-0.2, 0) is 16.6 Å². The lowest BCUT2D eigenvalue weighted by atomic mass is 9.71. The van der Waals surface area contributed by atoms with Crippen molar-refractivity contribution < 1.29 is 9.53 Å². The second-order valence-electron chi connectivity index (χ2n) is 9.49. The van der Waals surface area contributed by atoms with Crippen molar-refractivity contribution in [2.45, 2.75) is 63.5 Å². The predicted molar refractivity (Wildman–Crippen MR) is 121 cm³/mol. The molecule has 1 aliphatic heterocycles. The fourth-order valence-corrected chi connectivity index (χ4v) is 5.23. The summed E-state index contributed by atoms with van der Waals surface area (Å²) in [5.74, 6) is 1.26. The zero-order valence-corrected chi connectivity index (χ0v) is 18.1. The van der Waals surface area contributed by atoms with Crippen LogP contribution in [0.4, 0.5) is 11.5 Å². The molecule has 0 saturated heterocycles. The molecule has 2 aromatic rings. The molecule has 7 nitrogen and oxygen atoms in total. The van der Waals surface area contributed by atoms with Crippen LogP contribution in [0.15, 0.2) is 30.6 Å². The molecule has 1 fully saturated rings. The van der Waals surface area contributed by atoms with E-state index in [4.69, 9.17) is 16.2 Å². The molecule has 31 heavy (non-hydrogen) atoms.